The number of carbonyl (C=O) groups excluding carboxylic acids is 1. The minimum Gasteiger partial charge on any atom is -0.461 e. The number of ether oxygens (including phenoxy) is 1. The monoisotopic (exact) mass is 213 g/mol. The minimum absolute atomic E-state index is 0.312. The Bertz CT molecular complexity index is 331. The second-order valence-electron chi connectivity index (χ2n) is 3.33. The number of hydrogen-bond acceptors (Lipinski definition) is 4. The summed E-state index contributed by atoms with van der Waals surface area (Å²) in [6, 6.07) is 0. The highest BCUT2D eigenvalue weighted by Crippen LogP contribution is 2.24. The Hall–Kier alpha value is -0.900. The molecule has 0 spiro atoms. The molecule has 1 aromatic heterocycles. The molecule has 0 bridgehead atoms. The van der Waals surface area contributed by atoms with Crippen LogP contribution in [-0.4, -0.2) is 17.6 Å². The molecule has 0 aromatic carbocycles. The van der Waals surface area contributed by atoms with Crippen LogP contribution in [0.5, 0.6) is 0 Å². The van der Waals surface area contributed by atoms with E-state index in [0.29, 0.717) is 18.2 Å². The third-order valence-electron chi connectivity index (χ3n) is 1.78. The third-order valence-corrected chi connectivity index (χ3v) is 3.05. The molecular weight excluding hydrogens is 198 g/mol. The molecule has 3 nitrogen and oxygen atoms in total. The lowest BCUT2D eigenvalue weighted by atomic mass is 10.2. The summed E-state index contributed by atoms with van der Waals surface area (Å²) in [5, 5.41) is 0.991. The molecule has 4 heteroatoms. The number of thiazole rings is 1. The fourth-order valence-electron chi connectivity index (χ4n) is 1.05. The predicted octanol–water partition coefficient (Wildman–Crippen LogP) is 2.75. The summed E-state index contributed by atoms with van der Waals surface area (Å²) in [4.78, 5) is 16.6. The summed E-state index contributed by atoms with van der Waals surface area (Å²) in [6.45, 7) is 8.21. The average Bonchev–Trinajstić information content (AvgIpc) is 2.48. The van der Waals surface area contributed by atoms with Crippen LogP contribution < -0.4 is 0 Å². The molecule has 0 amide bonds. The Morgan fingerprint density at radius 2 is 2.21 bits per heavy atom. The molecule has 0 aliphatic heterocycles. The van der Waals surface area contributed by atoms with E-state index in [2.05, 4.69) is 18.8 Å². The molecule has 0 saturated heterocycles. The van der Waals surface area contributed by atoms with Gasteiger partial charge in [-0.3, -0.25) is 0 Å². The van der Waals surface area contributed by atoms with Gasteiger partial charge in [0.15, 0.2) is 5.69 Å². The predicted molar refractivity (Wildman–Crippen MR) is 56.9 cm³/mol. The maximum absolute atomic E-state index is 11.4. The third kappa shape index (κ3) is 2.32. The first kappa shape index (κ1) is 11.2. The lowest BCUT2D eigenvalue weighted by Gasteiger charge is -1.98. The second-order valence-corrected chi connectivity index (χ2v) is 4.57. The molecule has 0 saturated carbocycles. The van der Waals surface area contributed by atoms with Gasteiger partial charge in [-0.05, 0) is 13.8 Å². The number of hydrogen-bond donors (Lipinski definition) is 0. The maximum atomic E-state index is 11.4. The second kappa shape index (κ2) is 4.55. The fraction of sp³-hybridized carbons (Fsp3) is 0.600. The standard InChI is InChI=1S/C10H15NO2S/c1-5-13-10(12)8-7(4)14-9(11-8)6(2)3/h6H,5H2,1-4H3. The van der Waals surface area contributed by atoms with Gasteiger partial charge in [0.25, 0.3) is 0 Å². The lowest BCUT2D eigenvalue weighted by molar-refractivity contribution is 0.0519. The van der Waals surface area contributed by atoms with Crippen molar-refractivity contribution in [3.8, 4) is 0 Å². The first-order valence-electron chi connectivity index (χ1n) is 4.70. The summed E-state index contributed by atoms with van der Waals surface area (Å²) in [7, 11) is 0. The molecular formula is C10H15NO2S. The van der Waals surface area contributed by atoms with E-state index in [1.807, 2.05) is 6.92 Å². The fourth-order valence-corrected chi connectivity index (χ4v) is 1.96. The summed E-state index contributed by atoms with van der Waals surface area (Å²) in [5.74, 6) is 0.0510. The zero-order valence-corrected chi connectivity index (χ0v) is 9.77. The van der Waals surface area contributed by atoms with Crippen LogP contribution >= 0.6 is 11.3 Å². The van der Waals surface area contributed by atoms with Crippen molar-refractivity contribution in [3.63, 3.8) is 0 Å². The first-order valence-corrected chi connectivity index (χ1v) is 5.52. The molecule has 0 radical (unpaired) electrons. The van der Waals surface area contributed by atoms with Gasteiger partial charge in [0, 0.05) is 10.8 Å². The van der Waals surface area contributed by atoms with Crippen molar-refractivity contribution in [2.24, 2.45) is 0 Å². The SMILES string of the molecule is CCOC(=O)c1nc(C(C)C)sc1C. The van der Waals surface area contributed by atoms with E-state index in [1.165, 1.54) is 0 Å². The maximum Gasteiger partial charge on any atom is 0.358 e. The molecule has 0 aliphatic carbocycles. The molecule has 0 aliphatic rings. The van der Waals surface area contributed by atoms with Gasteiger partial charge < -0.3 is 4.74 Å². The Kier molecular flexibility index (Phi) is 3.63. The molecule has 0 N–H and O–H groups in total. The average molecular weight is 213 g/mol. The van der Waals surface area contributed by atoms with E-state index in [1.54, 1.807) is 18.3 Å². The highest BCUT2D eigenvalue weighted by molar-refractivity contribution is 7.11. The Labute approximate surface area is 88.1 Å². The molecule has 1 aromatic rings. The first-order chi connectivity index (χ1) is 6.56. The van der Waals surface area contributed by atoms with Crippen LogP contribution in [-0.2, 0) is 4.74 Å². The van der Waals surface area contributed by atoms with Crippen molar-refractivity contribution in [2.45, 2.75) is 33.6 Å². The number of esters is 1. The van der Waals surface area contributed by atoms with Crippen LogP contribution in [0.4, 0.5) is 0 Å². The van der Waals surface area contributed by atoms with Gasteiger partial charge in [0.05, 0.1) is 11.6 Å². The molecule has 78 valence electrons. The van der Waals surface area contributed by atoms with Crippen molar-refractivity contribution in [3.05, 3.63) is 15.6 Å². The van der Waals surface area contributed by atoms with Crippen LogP contribution in [0.25, 0.3) is 0 Å². The van der Waals surface area contributed by atoms with Gasteiger partial charge in [-0.15, -0.1) is 11.3 Å². The van der Waals surface area contributed by atoms with Crippen LogP contribution in [0, 0.1) is 6.92 Å². The van der Waals surface area contributed by atoms with Crippen LogP contribution in [0.1, 0.15) is 47.1 Å². The lowest BCUT2D eigenvalue weighted by Crippen LogP contribution is -2.06. The van der Waals surface area contributed by atoms with Crippen LogP contribution in [0.15, 0.2) is 0 Å². The van der Waals surface area contributed by atoms with Gasteiger partial charge in [0.2, 0.25) is 0 Å². The van der Waals surface area contributed by atoms with E-state index >= 15 is 0 Å². The largest absolute Gasteiger partial charge is 0.461 e. The van der Waals surface area contributed by atoms with Crippen molar-refractivity contribution >= 4 is 17.3 Å². The molecule has 0 atom stereocenters. The van der Waals surface area contributed by atoms with Gasteiger partial charge in [-0.2, -0.15) is 0 Å². The molecule has 1 heterocycles. The van der Waals surface area contributed by atoms with Gasteiger partial charge >= 0.3 is 5.97 Å². The highest BCUT2D eigenvalue weighted by atomic mass is 32.1. The van der Waals surface area contributed by atoms with E-state index in [9.17, 15) is 4.79 Å². The van der Waals surface area contributed by atoms with E-state index in [4.69, 9.17) is 4.74 Å². The van der Waals surface area contributed by atoms with Crippen LogP contribution in [0.3, 0.4) is 0 Å². The Balaban J connectivity index is 2.92. The Morgan fingerprint density at radius 3 is 2.64 bits per heavy atom. The van der Waals surface area contributed by atoms with Crippen LogP contribution in [0.2, 0.25) is 0 Å². The van der Waals surface area contributed by atoms with Gasteiger partial charge in [-0.1, -0.05) is 13.8 Å². The number of carbonyl (C=O) groups is 1. The van der Waals surface area contributed by atoms with Gasteiger partial charge in [0.1, 0.15) is 0 Å². The normalized spacial score (nSPS) is 10.6. The quantitative estimate of drug-likeness (QED) is 0.725. The smallest absolute Gasteiger partial charge is 0.358 e. The summed E-state index contributed by atoms with van der Waals surface area (Å²) >= 11 is 1.56. The molecule has 0 fully saturated rings. The van der Waals surface area contributed by atoms with E-state index < -0.39 is 0 Å². The summed E-state index contributed by atoms with van der Waals surface area (Å²) in [6.07, 6.45) is 0. The van der Waals surface area contributed by atoms with E-state index in [-0.39, 0.29) is 5.97 Å². The molecule has 14 heavy (non-hydrogen) atoms. The summed E-state index contributed by atoms with van der Waals surface area (Å²) < 4.78 is 4.91. The number of aryl methyl sites for hydroxylation is 1. The number of nitrogens with zero attached hydrogens (tertiary/aromatic N) is 1. The highest BCUT2D eigenvalue weighted by Gasteiger charge is 2.17. The van der Waals surface area contributed by atoms with Crippen molar-refractivity contribution in [1.29, 1.82) is 0 Å². The van der Waals surface area contributed by atoms with Crippen molar-refractivity contribution in [1.82, 2.24) is 4.98 Å². The molecule has 1 rings (SSSR count). The summed E-state index contributed by atoms with van der Waals surface area (Å²) in [5.41, 5.74) is 0.473. The zero-order chi connectivity index (χ0) is 10.7. The van der Waals surface area contributed by atoms with E-state index in [0.717, 1.165) is 9.88 Å². The minimum atomic E-state index is -0.312. The van der Waals surface area contributed by atoms with Crippen molar-refractivity contribution < 1.29 is 9.53 Å². The zero-order valence-electron chi connectivity index (χ0n) is 8.96. The number of rotatable bonds is 3. The molecule has 0 unspecified atom stereocenters. The number of aromatic nitrogens is 1. The van der Waals surface area contributed by atoms with Gasteiger partial charge in [-0.25, -0.2) is 9.78 Å². The topological polar surface area (TPSA) is 39.2 Å². The Morgan fingerprint density at radius 1 is 1.57 bits per heavy atom. The van der Waals surface area contributed by atoms with Crippen molar-refractivity contribution in [2.75, 3.05) is 6.61 Å².